The van der Waals surface area contributed by atoms with Crippen LogP contribution in [0.2, 0.25) is 0 Å². The molecule has 0 spiro atoms. The normalized spacial score (nSPS) is 41.2. The number of halogens is 1. The number of amides is 1. The van der Waals surface area contributed by atoms with Gasteiger partial charge in [0, 0.05) is 44.8 Å². The Kier molecular flexibility index (Phi) is 9.83. The highest BCUT2D eigenvalue weighted by Crippen LogP contribution is 2.52. The SMILES string of the molecule is CN(C)CCCCNC(=O)C1=CN2C3CC4OC5CCCCC5C4CC3OC3C(NCCN4CCOCC4)C(F)CC(C1=O)C32. The van der Waals surface area contributed by atoms with E-state index >= 15 is 4.39 Å². The molecule has 0 bridgehead atoms. The minimum Gasteiger partial charge on any atom is -0.379 e. The Hall–Kier alpha value is -1.63. The number of carbonyl (C=O) groups is 2. The second-order valence-electron chi connectivity index (χ2n) is 14.9. The number of alkyl halides is 1. The Morgan fingerprint density at radius 3 is 2.64 bits per heavy atom. The molecular formula is C34H54FN5O5. The predicted molar refractivity (Wildman–Crippen MR) is 167 cm³/mol. The van der Waals surface area contributed by atoms with Crippen LogP contribution in [-0.4, -0.2) is 142 Å². The van der Waals surface area contributed by atoms with E-state index < -0.39 is 24.2 Å². The zero-order valence-electron chi connectivity index (χ0n) is 27.2. The van der Waals surface area contributed by atoms with Crippen molar-refractivity contribution in [1.29, 1.82) is 0 Å². The van der Waals surface area contributed by atoms with E-state index in [2.05, 4.69) is 25.3 Å². The minimum absolute atomic E-state index is 0.0105. The number of ether oxygens (including phenoxy) is 3. The summed E-state index contributed by atoms with van der Waals surface area (Å²) in [6, 6.07) is -0.774. The number of unbranched alkanes of at least 4 members (excludes halogenated alkanes) is 1. The molecule has 7 rings (SSSR count). The van der Waals surface area contributed by atoms with E-state index in [0.29, 0.717) is 31.0 Å². The van der Waals surface area contributed by atoms with Crippen LogP contribution in [0.1, 0.15) is 57.8 Å². The molecular weight excluding hydrogens is 577 g/mol. The van der Waals surface area contributed by atoms with Gasteiger partial charge in [0.25, 0.3) is 5.91 Å². The molecule has 11 atom stereocenters. The third-order valence-electron chi connectivity index (χ3n) is 11.9. The molecule has 0 radical (unpaired) electrons. The molecule has 4 aliphatic heterocycles. The van der Waals surface area contributed by atoms with Gasteiger partial charge in [-0.25, -0.2) is 4.39 Å². The van der Waals surface area contributed by atoms with Crippen LogP contribution in [0.5, 0.6) is 0 Å². The Labute approximate surface area is 267 Å². The molecule has 11 heteroatoms. The van der Waals surface area contributed by atoms with Gasteiger partial charge in [0.15, 0.2) is 5.78 Å². The van der Waals surface area contributed by atoms with E-state index in [1.165, 1.54) is 19.3 Å². The van der Waals surface area contributed by atoms with Gasteiger partial charge in [-0.1, -0.05) is 12.8 Å². The number of hydrogen-bond acceptors (Lipinski definition) is 9. The standard InChI is InChI=1S/C34H54FN5O5/c1-38(2)11-6-5-9-37-34(42)24-20-40-26-19-28-22(21-7-3-4-8-27(21)44-28)18-29(26)45-33-30(25(35)17-23(31(33)40)32(24)41)36-10-12-39-13-15-43-16-14-39/h20-23,25-31,33,36H,3-19H2,1-2H3,(H,37,42). The molecule has 0 aromatic carbocycles. The largest absolute Gasteiger partial charge is 0.379 e. The van der Waals surface area contributed by atoms with Crippen molar-refractivity contribution in [2.45, 2.75) is 107 Å². The summed E-state index contributed by atoms with van der Waals surface area (Å²) in [5.74, 6) is -0.135. The summed E-state index contributed by atoms with van der Waals surface area (Å²) in [7, 11) is 4.07. The maximum Gasteiger partial charge on any atom is 0.256 e. The molecule has 252 valence electrons. The summed E-state index contributed by atoms with van der Waals surface area (Å²) >= 11 is 0. The number of Topliss-reactive ketones (excluding diaryl/α,β-unsaturated/α-hetero) is 1. The highest BCUT2D eigenvalue weighted by Gasteiger charge is 2.61. The van der Waals surface area contributed by atoms with Crippen LogP contribution in [0.4, 0.5) is 4.39 Å². The van der Waals surface area contributed by atoms with Crippen molar-refractivity contribution < 1.29 is 28.2 Å². The van der Waals surface area contributed by atoms with E-state index in [1.54, 1.807) is 0 Å². The molecule has 3 aliphatic carbocycles. The highest BCUT2D eigenvalue weighted by molar-refractivity contribution is 6.20. The zero-order valence-corrected chi connectivity index (χ0v) is 27.2. The number of morpholine rings is 2. The smallest absolute Gasteiger partial charge is 0.256 e. The van der Waals surface area contributed by atoms with Crippen molar-refractivity contribution in [2.75, 3.05) is 66.6 Å². The second kappa shape index (κ2) is 13.8. The first-order valence-corrected chi connectivity index (χ1v) is 17.8. The molecule has 4 heterocycles. The molecule has 1 amide bonds. The van der Waals surface area contributed by atoms with Crippen LogP contribution in [0.3, 0.4) is 0 Å². The Morgan fingerprint density at radius 1 is 1.00 bits per heavy atom. The second-order valence-corrected chi connectivity index (χ2v) is 14.9. The van der Waals surface area contributed by atoms with Gasteiger partial charge in [0.2, 0.25) is 0 Å². The molecule has 3 saturated heterocycles. The van der Waals surface area contributed by atoms with Gasteiger partial charge in [-0.15, -0.1) is 0 Å². The van der Waals surface area contributed by atoms with Gasteiger partial charge in [-0.3, -0.25) is 14.5 Å². The van der Waals surface area contributed by atoms with Crippen molar-refractivity contribution in [3.05, 3.63) is 11.8 Å². The maximum absolute atomic E-state index is 16.2. The predicted octanol–water partition coefficient (Wildman–Crippen LogP) is 1.73. The lowest BCUT2D eigenvalue weighted by atomic mass is 9.67. The molecule has 10 nitrogen and oxygen atoms in total. The molecule has 2 N–H and O–H groups in total. The van der Waals surface area contributed by atoms with Crippen molar-refractivity contribution in [1.82, 2.24) is 25.3 Å². The van der Waals surface area contributed by atoms with Crippen molar-refractivity contribution in [3.63, 3.8) is 0 Å². The summed E-state index contributed by atoms with van der Waals surface area (Å²) in [5.41, 5.74) is 0.178. The van der Waals surface area contributed by atoms with Crippen LogP contribution in [0.15, 0.2) is 11.8 Å². The molecule has 6 fully saturated rings. The fourth-order valence-electron chi connectivity index (χ4n) is 9.69. The Morgan fingerprint density at radius 2 is 1.82 bits per heavy atom. The number of fused-ring (bicyclic) bond motifs is 5. The summed E-state index contributed by atoms with van der Waals surface area (Å²) < 4.78 is 35.4. The number of nitrogens with one attached hydrogen (secondary N) is 2. The zero-order chi connectivity index (χ0) is 31.1. The lowest BCUT2D eigenvalue weighted by Crippen LogP contribution is -2.73. The average Bonchev–Trinajstić information content (AvgIpc) is 3.40. The van der Waals surface area contributed by atoms with E-state index in [-0.39, 0.29) is 48.0 Å². The first-order valence-electron chi connectivity index (χ1n) is 17.8. The molecule has 0 aromatic rings. The average molecular weight is 632 g/mol. The quantitative estimate of drug-likeness (QED) is 0.276. The van der Waals surface area contributed by atoms with Crippen LogP contribution < -0.4 is 10.6 Å². The third-order valence-corrected chi connectivity index (χ3v) is 11.9. The van der Waals surface area contributed by atoms with E-state index in [4.69, 9.17) is 14.2 Å². The molecule has 3 saturated carbocycles. The summed E-state index contributed by atoms with van der Waals surface area (Å²) in [6.45, 7) is 6.19. The monoisotopic (exact) mass is 631 g/mol. The number of rotatable bonds is 10. The lowest BCUT2D eigenvalue weighted by Gasteiger charge is -2.60. The highest BCUT2D eigenvalue weighted by atomic mass is 19.1. The Bertz CT molecular complexity index is 1100. The van der Waals surface area contributed by atoms with E-state index in [0.717, 1.165) is 71.5 Å². The van der Waals surface area contributed by atoms with E-state index in [1.807, 2.05) is 20.3 Å². The van der Waals surface area contributed by atoms with Gasteiger partial charge in [-0.2, -0.15) is 0 Å². The lowest BCUT2D eigenvalue weighted by molar-refractivity contribution is -0.209. The fourth-order valence-corrected chi connectivity index (χ4v) is 9.69. The maximum atomic E-state index is 16.2. The van der Waals surface area contributed by atoms with Crippen LogP contribution in [-0.2, 0) is 23.8 Å². The van der Waals surface area contributed by atoms with Gasteiger partial charge < -0.3 is 34.6 Å². The first-order chi connectivity index (χ1) is 21.9. The number of carbonyl (C=O) groups excluding carboxylic acids is 2. The first kappa shape index (κ1) is 31.9. The summed E-state index contributed by atoms with van der Waals surface area (Å²) in [6.07, 6.45) is 9.06. The summed E-state index contributed by atoms with van der Waals surface area (Å²) in [5, 5.41) is 6.54. The molecule has 0 aromatic heterocycles. The minimum atomic E-state index is -1.23. The van der Waals surface area contributed by atoms with Crippen LogP contribution in [0.25, 0.3) is 0 Å². The third kappa shape index (κ3) is 6.46. The molecule has 11 unspecified atom stereocenters. The topological polar surface area (TPSA) is 95.6 Å². The summed E-state index contributed by atoms with van der Waals surface area (Å²) in [4.78, 5) is 34.2. The molecule has 7 aliphatic rings. The number of ketones is 1. The van der Waals surface area contributed by atoms with Crippen molar-refractivity contribution >= 4 is 11.7 Å². The van der Waals surface area contributed by atoms with Crippen molar-refractivity contribution in [3.8, 4) is 0 Å². The van der Waals surface area contributed by atoms with Crippen LogP contribution in [0, 0.1) is 17.8 Å². The van der Waals surface area contributed by atoms with Crippen LogP contribution >= 0.6 is 0 Å². The van der Waals surface area contributed by atoms with Crippen molar-refractivity contribution in [2.24, 2.45) is 17.8 Å². The van der Waals surface area contributed by atoms with Gasteiger partial charge >= 0.3 is 0 Å². The van der Waals surface area contributed by atoms with E-state index in [9.17, 15) is 9.59 Å². The van der Waals surface area contributed by atoms with Gasteiger partial charge in [0.05, 0.1) is 61.3 Å². The number of hydrogen-bond donors (Lipinski definition) is 2. The van der Waals surface area contributed by atoms with Gasteiger partial charge in [-0.05, 0) is 77.4 Å². The molecule has 45 heavy (non-hydrogen) atoms. The fraction of sp³-hybridized carbons (Fsp3) is 0.882. The van der Waals surface area contributed by atoms with Gasteiger partial charge in [0.1, 0.15) is 6.17 Å². The Balaban J connectivity index is 1.12. The number of nitrogens with zero attached hydrogens (tertiary/aromatic N) is 3.